The van der Waals surface area contributed by atoms with E-state index in [4.69, 9.17) is 4.42 Å². The highest BCUT2D eigenvalue weighted by Gasteiger charge is 2.25. The van der Waals surface area contributed by atoms with Crippen molar-refractivity contribution >= 4 is 43.5 Å². The fourth-order valence-corrected chi connectivity index (χ4v) is 4.79. The van der Waals surface area contributed by atoms with Crippen LogP contribution in [0.25, 0.3) is 43.5 Å². The van der Waals surface area contributed by atoms with Crippen molar-refractivity contribution in [1.82, 2.24) is 0 Å². The fourth-order valence-electron chi connectivity index (χ4n) is 4.79. The van der Waals surface area contributed by atoms with E-state index in [-0.39, 0.29) is 5.41 Å². The molecule has 5 aromatic rings. The van der Waals surface area contributed by atoms with Gasteiger partial charge >= 0.3 is 0 Å². The number of rotatable bonds is 0. The smallest absolute Gasteiger partial charge is 0.143 e. The van der Waals surface area contributed by atoms with Crippen LogP contribution in [0.4, 0.5) is 0 Å². The van der Waals surface area contributed by atoms with Gasteiger partial charge in [0.2, 0.25) is 0 Å². The zero-order valence-corrected chi connectivity index (χ0v) is 16.6. The highest BCUT2D eigenvalue weighted by molar-refractivity contribution is 6.21. The number of benzene rings is 4. The number of aryl methyl sites for hydroxylation is 2. The van der Waals surface area contributed by atoms with Gasteiger partial charge < -0.3 is 4.42 Å². The summed E-state index contributed by atoms with van der Waals surface area (Å²) in [5.41, 5.74) is 6.00. The Morgan fingerprint density at radius 3 is 2.15 bits per heavy atom. The molecule has 0 aliphatic heterocycles. The van der Waals surface area contributed by atoms with Gasteiger partial charge in [-0.1, -0.05) is 63.2 Å². The monoisotopic (exact) mass is 352 g/mol. The maximum Gasteiger partial charge on any atom is 0.143 e. The molecule has 0 saturated heterocycles. The first-order valence-electron chi connectivity index (χ1n) is 9.63. The normalized spacial score (nSPS) is 12.6. The van der Waals surface area contributed by atoms with E-state index in [0.717, 1.165) is 11.2 Å². The third-order valence-corrected chi connectivity index (χ3v) is 5.78. The quantitative estimate of drug-likeness (QED) is 0.259. The van der Waals surface area contributed by atoms with Crippen LogP contribution < -0.4 is 0 Å². The molecule has 1 nitrogen and oxygen atoms in total. The first-order chi connectivity index (χ1) is 12.9. The predicted octanol–water partition coefficient (Wildman–Crippen LogP) is 7.81. The van der Waals surface area contributed by atoms with Crippen LogP contribution in [0.5, 0.6) is 0 Å². The first-order valence-corrected chi connectivity index (χ1v) is 9.63. The van der Waals surface area contributed by atoms with Crippen molar-refractivity contribution in [3.63, 3.8) is 0 Å². The molecule has 1 heteroatoms. The number of hydrogen-bond acceptors (Lipinski definition) is 1. The molecule has 0 aliphatic carbocycles. The lowest BCUT2D eigenvalue weighted by molar-refractivity contribution is 0.569. The highest BCUT2D eigenvalue weighted by Crippen LogP contribution is 2.42. The SMILES string of the molecule is Cc1cc(C)c2c(oc3c4ccc5ccccc5c4ccc32)c1C(C)(C)C. The fraction of sp³-hybridized carbons (Fsp3) is 0.231. The molecule has 0 aliphatic rings. The lowest BCUT2D eigenvalue weighted by Crippen LogP contribution is -2.13. The van der Waals surface area contributed by atoms with Gasteiger partial charge in [0.1, 0.15) is 11.2 Å². The second-order valence-corrected chi connectivity index (χ2v) is 8.77. The third-order valence-electron chi connectivity index (χ3n) is 5.78. The summed E-state index contributed by atoms with van der Waals surface area (Å²) in [5, 5.41) is 7.47. The van der Waals surface area contributed by atoms with Gasteiger partial charge in [-0.25, -0.2) is 0 Å². The minimum Gasteiger partial charge on any atom is -0.455 e. The molecule has 27 heavy (non-hydrogen) atoms. The van der Waals surface area contributed by atoms with E-state index >= 15 is 0 Å². The molecule has 0 bridgehead atoms. The molecule has 0 N–H and O–H groups in total. The van der Waals surface area contributed by atoms with Crippen LogP contribution in [0.3, 0.4) is 0 Å². The van der Waals surface area contributed by atoms with Crippen LogP contribution in [0.1, 0.15) is 37.5 Å². The Bertz CT molecular complexity index is 1360. The molecule has 0 atom stereocenters. The summed E-state index contributed by atoms with van der Waals surface area (Å²) < 4.78 is 6.63. The molecule has 0 saturated carbocycles. The Labute approximate surface area is 159 Å². The number of furan rings is 1. The standard InChI is InChI=1S/C26H24O/c1-15-14-16(2)23(26(3,4)5)25-22(15)21-13-12-19-18-9-7-6-8-17(18)10-11-20(19)24(21)27-25/h6-14H,1-5H3. The molecular weight excluding hydrogens is 328 g/mol. The largest absolute Gasteiger partial charge is 0.455 e. The molecule has 0 amide bonds. The molecule has 1 heterocycles. The summed E-state index contributed by atoms with van der Waals surface area (Å²) >= 11 is 0. The molecule has 1 aromatic heterocycles. The van der Waals surface area contributed by atoms with Gasteiger partial charge in [0.05, 0.1) is 0 Å². The second-order valence-electron chi connectivity index (χ2n) is 8.77. The Balaban J connectivity index is 2.02. The van der Waals surface area contributed by atoms with Crippen molar-refractivity contribution in [2.75, 3.05) is 0 Å². The summed E-state index contributed by atoms with van der Waals surface area (Å²) in [6.45, 7) is 11.2. The Morgan fingerprint density at radius 1 is 0.667 bits per heavy atom. The summed E-state index contributed by atoms with van der Waals surface area (Å²) in [6, 6.07) is 19.8. The molecule has 4 aromatic carbocycles. The predicted molar refractivity (Wildman–Crippen MR) is 117 cm³/mol. The Kier molecular flexibility index (Phi) is 3.25. The van der Waals surface area contributed by atoms with E-state index in [9.17, 15) is 0 Å². The average molecular weight is 352 g/mol. The summed E-state index contributed by atoms with van der Waals surface area (Å²) in [5.74, 6) is 0. The maximum atomic E-state index is 6.63. The maximum absolute atomic E-state index is 6.63. The van der Waals surface area contributed by atoms with Crippen LogP contribution >= 0.6 is 0 Å². The second kappa shape index (κ2) is 5.36. The Hall–Kier alpha value is -2.80. The lowest BCUT2D eigenvalue weighted by atomic mass is 9.82. The van der Waals surface area contributed by atoms with E-state index in [1.807, 2.05) is 0 Å². The van der Waals surface area contributed by atoms with Crippen molar-refractivity contribution in [2.45, 2.75) is 40.0 Å². The van der Waals surface area contributed by atoms with Crippen molar-refractivity contribution < 1.29 is 4.42 Å². The van der Waals surface area contributed by atoms with Crippen LogP contribution in [-0.4, -0.2) is 0 Å². The van der Waals surface area contributed by atoms with E-state index in [2.05, 4.69) is 89.2 Å². The minimum atomic E-state index is 0.0341. The van der Waals surface area contributed by atoms with E-state index in [1.54, 1.807) is 0 Å². The van der Waals surface area contributed by atoms with Crippen molar-refractivity contribution in [1.29, 1.82) is 0 Å². The van der Waals surface area contributed by atoms with Crippen LogP contribution in [0.2, 0.25) is 0 Å². The van der Waals surface area contributed by atoms with E-state index < -0.39 is 0 Å². The van der Waals surface area contributed by atoms with Gasteiger partial charge in [0.15, 0.2) is 0 Å². The van der Waals surface area contributed by atoms with Crippen molar-refractivity contribution in [2.24, 2.45) is 0 Å². The number of fused-ring (bicyclic) bond motifs is 7. The van der Waals surface area contributed by atoms with Gasteiger partial charge in [0.25, 0.3) is 0 Å². The summed E-state index contributed by atoms with van der Waals surface area (Å²) in [7, 11) is 0. The van der Waals surface area contributed by atoms with Gasteiger partial charge in [-0.05, 0) is 58.7 Å². The topological polar surface area (TPSA) is 13.1 Å². The van der Waals surface area contributed by atoms with Gasteiger partial charge in [-0.2, -0.15) is 0 Å². The molecular formula is C26H24O. The summed E-state index contributed by atoms with van der Waals surface area (Å²) in [6.07, 6.45) is 0. The van der Waals surface area contributed by atoms with E-state index in [1.165, 1.54) is 49.0 Å². The van der Waals surface area contributed by atoms with Crippen LogP contribution in [0.15, 0.2) is 59.0 Å². The zero-order valence-electron chi connectivity index (χ0n) is 16.6. The molecule has 0 spiro atoms. The highest BCUT2D eigenvalue weighted by atomic mass is 16.3. The first kappa shape index (κ1) is 16.4. The van der Waals surface area contributed by atoms with Gasteiger partial charge in [-0.15, -0.1) is 0 Å². The van der Waals surface area contributed by atoms with Gasteiger partial charge in [0, 0.05) is 21.7 Å². The zero-order chi connectivity index (χ0) is 18.9. The number of hydrogen-bond donors (Lipinski definition) is 0. The van der Waals surface area contributed by atoms with Gasteiger partial charge in [-0.3, -0.25) is 0 Å². The molecule has 134 valence electrons. The van der Waals surface area contributed by atoms with Crippen LogP contribution in [0, 0.1) is 13.8 Å². The summed E-state index contributed by atoms with van der Waals surface area (Å²) in [4.78, 5) is 0. The van der Waals surface area contributed by atoms with Crippen molar-refractivity contribution in [3.05, 3.63) is 71.3 Å². The molecule has 0 fully saturated rings. The van der Waals surface area contributed by atoms with E-state index in [0.29, 0.717) is 0 Å². The Morgan fingerprint density at radius 2 is 1.37 bits per heavy atom. The lowest BCUT2D eigenvalue weighted by Gasteiger charge is -2.22. The molecule has 0 radical (unpaired) electrons. The molecule has 5 rings (SSSR count). The molecule has 0 unspecified atom stereocenters. The van der Waals surface area contributed by atoms with Crippen molar-refractivity contribution in [3.8, 4) is 0 Å². The third kappa shape index (κ3) is 2.24. The minimum absolute atomic E-state index is 0.0341. The average Bonchev–Trinajstić information content (AvgIpc) is 2.99. The van der Waals surface area contributed by atoms with Crippen LogP contribution in [-0.2, 0) is 5.41 Å².